The molecule has 0 saturated carbocycles. The van der Waals surface area contributed by atoms with Crippen LogP contribution >= 0.6 is 0 Å². The highest BCUT2D eigenvalue weighted by Crippen LogP contribution is 2.42. The molecule has 0 aromatic heterocycles. The number of piperidine rings is 1. The molecule has 0 bridgehead atoms. The molecule has 2 aliphatic rings. The molecule has 1 N–H and O–H groups in total. The second-order valence-electron chi connectivity index (χ2n) is 6.17. The standard InChI is InChI=1S/C16H24N2/c1-11-8-12(2)16-14(10-17-15(16)9-11)13-4-6-18(3)7-5-13/h8-9,13-14,17H,4-7,10H2,1-3H3. The van der Waals surface area contributed by atoms with Gasteiger partial charge in [-0.3, -0.25) is 0 Å². The second-order valence-corrected chi connectivity index (χ2v) is 6.17. The summed E-state index contributed by atoms with van der Waals surface area (Å²) in [5.74, 6) is 1.62. The molecule has 2 heterocycles. The summed E-state index contributed by atoms with van der Waals surface area (Å²) >= 11 is 0. The molecule has 1 aromatic carbocycles. The van der Waals surface area contributed by atoms with Gasteiger partial charge in [0.2, 0.25) is 0 Å². The Morgan fingerprint density at radius 3 is 2.61 bits per heavy atom. The van der Waals surface area contributed by atoms with Crippen LogP contribution in [-0.4, -0.2) is 31.6 Å². The van der Waals surface area contributed by atoms with Crippen LogP contribution in [0, 0.1) is 19.8 Å². The third kappa shape index (κ3) is 2.03. The average molecular weight is 244 g/mol. The highest BCUT2D eigenvalue weighted by Gasteiger charge is 2.32. The van der Waals surface area contributed by atoms with Gasteiger partial charge in [0.05, 0.1) is 0 Å². The van der Waals surface area contributed by atoms with E-state index in [9.17, 15) is 0 Å². The lowest BCUT2D eigenvalue weighted by Gasteiger charge is -2.33. The molecule has 1 fully saturated rings. The zero-order valence-corrected chi connectivity index (χ0v) is 11.8. The number of rotatable bonds is 1. The number of benzene rings is 1. The number of hydrogen-bond acceptors (Lipinski definition) is 2. The first-order valence-electron chi connectivity index (χ1n) is 7.18. The van der Waals surface area contributed by atoms with Crippen LogP contribution in [0.5, 0.6) is 0 Å². The first-order valence-corrected chi connectivity index (χ1v) is 7.18. The molecule has 2 aliphatic heterocycles. The van der Waals surface area contributed by atoms with Crippen molar-refractivity contribution in [2.75, 3.05) is 32.0 Å². The largest absolute Gasteiger partial charge is 0.384 e. The van der Waals surface area contributed by atoms with E-state index in [0.717, 1.165) is 18.4 Å². The van der Waals surface area contributed by atoms with E-state index >= 15 is 0 Å². The highest BCUT2D eigenvalue weighted by atomic mass is 15.1. The van der Waals surface area contributed by atoms with Gasteiger partial charge in [-0.15, -0.1) is 0 Å². The van der Waals surface area contributed by atoms with Crippen LogP contribution in [-0.2, 0) is 0 Å². The summed E-state index contributed by atoms with van der Waals surface area (Å²) in [5.41, 5.74) is 5.87. The average Bonchev–Trinajstić information content (AvgIpc) is 2.74. The maximum Gasteiger partial charge on any atom is 0.0381 e. The van der Waals surface area contributed by atoms with Crippen molar-refractivity contribution in [2.24, 2.45) is 5.92 Å². The number of hydrogen-bond donors (Lipinski definition) is 1. The topological polar surface area (TPSA) is 15.3 Å². The first kappa shape index (κ1) is 12.0. The zero-order chi connectivity index (χ0) is 12.7. The molecule has 3 rings (SSSR count). The Kier molecular flexibility index (Phi) is 3.06. The van der Waals surface area contributed by atoms with Gasteiger partial charge in [0.15, 0.2) is 0 Å². The van der Waals surface area contributed by atoms with Crippen LogP contribution in [0.25, 0.3) is 0 Å². The lowest BCUT2D eigenvalue weighted by atomic mass is 9.79. The fourth-order valence-corrected chi connectivity index (χ4v) is 3.77. The molecular weight excluding hydrogens is 220 g/mol. The Hall–Kier alpha value is -1.02. The molecule has 2 heteroatoms. The van der Waals surface area contributed by atoms with E-state index < -0.39 is 0 Å². The monoisotopic (exact) mass is 244 g/mol. The molecule has 1 unspecified atom stereocenters. The molecular formula is C16H24N2. The molecule has 18 heavy (non-hydrogen) atoms. The highest BCUT2D eigenvalue weighted by molar-refractivity contribution is 5.62. The van der Waals surface area contributed by atoms with Crippen molar-refractivity contribution in [1.82, 2.24) is 4.90 Å². The predicted molar refractivity (Wildman–Crippen MR) is 77.4 cm³/mol. The van der Waals surface area contributed by atoms with Gasteiger partial charge in [-0.05, 0) is 75.5 Å². The molecule has 0 amide bonds. The van der Waals surface area contributed by atoms with Crippen molar-refractivity contribution in [2.45, 2.75) is 32.6 Å². The molecule has 0 spiro atoms. The van der Waals surface area contributed by atoms with E-state index in [1.165, 1.54) is 42.7 Å². The maximum absolute atomic E-state index is 3.63. The lowest BCUT2D eigenvalue weighted by Crippen LogP contribution is -2.33. The summed E-state index contributed by atoms with van der Waals surface area (Å²) in [6.07, 6.45) is 2.71. The minimum absolute atomic E-state index is 0.745. The third-order valence-electron chi connectivity index (χ3n) is 4.75. The van der Waals surface area contributed by atoms with Gasteiger partial charge in [-0.1, -0.05) is 6.07 Å². The van der Waals surface area contributed by atoms with E-state index in [2.05, 4.69) is 43.2 Å². The molecule has 0 aliphatic carbocycles. The van der Waals surface area contributed by atoms with Crippen LogP contribution in [0.3, 0.4) is 0 Å². The normalized spacial score (nSPS) is 24.9. The van der Waals surface area contributed by atoms with Crippen LogP contribution < -0.4 is 5.32 Å². The molecule has 1 aromatic rings. The van der Waals surface area contributed by atoms with Crippen LogP contribution in [0.4, 0.5) is 5.69 Å². The predicted octanol–water partition coefficient (Wildman–Crippen LogP) is 3.15. The van der Waals surface area contributed by atoms with Crippen molar-refractivity contribution in [3.05, 3.63) is 28.8 Å². The van der Waals surface area contributed by atoms with E-state index in [-0.39, 0.29) is 0 Å². The summed E-state index contributed by atoms with van der Waals surface area (Å²) in [4.78, 5) is 2.46. The Morgan fingerprint density at radius 1 is 1.17 bits per heavy atom. The van der Waals surface area contributed by atoms with Crippen LogP contribution in [0.1, 0.15) is 35.4 Å². The third-order valence-corrected chi connectivity index (χ3v) is 4.75. The van der Waals surface area contributed by atoms with E-state index in [4.69, 9.17) is 0 Å². The van der Waals surface area contributed by atoms with Crippen molar-refractivity contribution < 1.29 is 0 Å². The fraction of sp³-hybridized carbons (Fsp3) is 0.625. The first-order chi connectivity index (χ1) is 8.65. The van der Waals surface area contributed by atoms with Gasteiger partial charge in [-0.25, -0.2) is 0 Å². The van der Waals surface area contributed by atoms with Crippen molar-refractivity contribution in [3.8, 4) is 0 Å². The molecule has 1 saturated heterocycles. The summed E-state index contributed by atoms with van der Waals surface area (Å²) in [6.45, 7) is 8.15. The zero-order valence-electron chi connectivity index (χ0n) is 11.8. The van der Waals surface area contributed by atoms with Gasteiger partial charge in [0.1, 0.15) is 0 Å². The van der Waals surface area contributed by atoms with E-state index in [0.29, 0.717) is 0 Å². The number of likely N-dealkylation sites (tertiary alicyclic amines) is 1. The van der Waals surface area contributed by atoms with Gasteiger partial charge >= 0.3 is 0 Å². The summed E-state index contributed by atoms with van der Waals surface area (Å²) in [6, 6.07) is 4.66. The van der Waals surface area contributed by atoms with Gasteiger partial charge in [0.25, 0.3) is 0 Å². The van der Waals surface area contributed by atoms with E-state index in [1.54, 1.807) is 5.56 Å². The molecule has 0 radical (unpaired) electrons. The van der Waals surface area contributed by atoms with Crippen LogP contribution in [0.15, 0.2) is 12.1 Å². The number of nitrogens with zero attached hydrogens (tertiary/aromatic N) is 1. The summed E-state index contributed by atoms with van der Waals surface area (Å²) < 4.78 is 0. The smallest absolute Gasteiger partial charge is 0.0381 e. The number of fused-ring (bicyclic) bond motifs is 1. The van der Waals surface area contributed by atoms with Crippen molar-refractivity contribution >= 4 is 5.69 Å². The van der Waals surface area contributed by atoms with Crippen molar-refractivity contribution in [3.63, 3.8) is 0 Å². The number of aryl methyl sites for hydroxylation is 2. The maximum atomic E-state index is 3.63. The van der Waals surface area contributed by atoms with Crippen molar-refractivity contribution in [1.29, 1.82) is 0 Å². The Labute approximate surface area is 110 Å². The number of nitrogens with one attached hydrogen (secondary N) is 1. The SMILES string of the molecule is Cc1cc(C)c2c(c1)NCC2C1CCN(C)CC1. The fourth-order valence-electron chi connectivity index (χ4n) is 3.77. The molecule has 1 atom stereocenters. The summed E-state index contributed by atoms with van der Waals surface area (Å²) in [5, 5.41) is 3.63. The van der Waals surface area contributed by atoms with Gasteiger partial charge in [-0.2, -0.15) is 0 Å². The number of anilines is 1. The minimum Gasteiger partial charge on any atom is -0.384 e. The summed E-state index contributed by atoms with van der Waals surface area (Å²) in [7, 11) is 2.24. The quantitative estimate of drug-likeness (QED) is 0.816. The Bertz CT molecular complexity index is 445. The Balaban J connectivity index is 1.86. The van der Waals surface area contributed by atoms with Crippen LogP contribution in [0.2, 0.25) is 0 Å². The minimum atomic E-state index is 0.745. The molecule has 2 nitrogen and oxygen atoms in total. The van der Waals surface area contributed by atoms with Gasteiger partial charge < -0.3 is 10.2 Å². The van der Waals surface area contributed by atoms with Gasteiger partial charge in [0, 0.05) is 18.2 Å². The lowest BCUT2D eigenvalue weighted by molar-refractivity contribution is 0.202. The van der Waals surface area contributed by atoms with E-state index in [1.807, 2.05) is 0 Å². The second kappa shape index (κ2) is 4.58. The molecule has 98 valence electrons. The Morgan fingerprint density at radius 2 is 1.89 bits per heavy atom.